The number of rotatable bonds is 9. The molecule has 3 aliphatic rings. The van der Waals surface area contributed by atoms with Crippen LogP contribution >= 0.6 is 0 Å². The second-order valence-corrected chi connectivity index (χ2v) is 12.4. The van der Waals surface area contributed by atoms with Crippen molar-refractivity contribution in [2.24, 2.45) is 5.92 Å². The summed E-state index contributed by atoms with van der Waals surface area (Å²) in [7, 11) is 0. The third-order valence-electron chi connectivity index (χ3n) is 9.45. The number of hydrogen-bond donors (Lipinski definition) is 3. The summed E-state index contributed by atoms with van der Waals surface area (Å²) in [6.07, 6.45) is 7.78. The zero-order valence-electron chi connectivity index (χ0n) is 25.4. The molecular formula is C35H43N7O2. The van der Waals surface area contributed by atoms with Gasteiger partial charge in [-0.1, -0.05) is 36.4 Å². The van der Waals surface area contributed by atoms with Crippen LogP contribution in [0.15, 0.2) is 65.6 Å². The first-order valence-corrected chi connectivity index (χ1v) is 16.3. The maximum absolute atomic E-state index is 14.1. The molecule has 0 bridgehead atoms. The maximum atomic E-state index is 14.1. The molecule has 3 saturated heterocycles. The molecule has 1 atom stereocenters. The molecule has 5 heterocycles. The quantitative estimate of drug-likeness (QED) is 0.261. The van der Waals surface area contributed by atoms with Crippen molar-refractivity contribution in [1.29, 1.82) is 0 Å². The lowest BCUT2D eigenvalue weighted by Crippen LogP contribution is -2.39. The van der Waals surface area contributed by atoms with Crippen LogP contribution in [0.5, 0.6) is 0 Å². The normalized spacial score (nSPS) is 19.9. The Bertz CT molecular complexity index is 1600. The number of morpholine rings is 1. The molecule has 2 aromatic heterocycles. The summed E-state index contributed by atoms with van der Waals surface area (Å²) < 4.78 is 7.38. The number of nitrogens with zero attached hydrogens (tertiary/aromatic N) is 4. The second kappa shape index (κ2) is 13.6. The smallest absolute Gasteiger partial charge is 0.260 e. The molecule has 44 heavy (non-hydrogen) atoms. The average molecular weight is 594 g/mol. The van der Waals surface area contributed by atoms with Crippen molar-refractivity contribution in [3.8, 4) is 11.1 Å². The Balaban J connectivity index is 1.16. The standard InChI is InChI=1S/C35H43N7O2/c43-34-31(27-5-7-28(8-6-27)32-2-1-13-37-32)23-29-24-38-35(40-33(29)42(34)17-16-41-18-20-44-21-19-41)39-30-9-3-25(4-10-30)22-26-11-14-36-15-12-26/h3-10,23-24,26,32,36-37H,1-2,11-22H2,(H,38,39,40). The van der Waals surface area contributed by atoms with Crippen molar-refractivity contribution >= 4 is 22.7 Å². The number of ether oxygens (including phenoxy) is 1. The summed E-state index contributed by atoms with van der Waals surface area (Å²) in [5, 5.41) is 11.2. The van der Waals surface area contributed by atoms with Crippen molar-refractivity contribution in [2.75, 3.05) is 57.8 Å². The lowest BCUT2D eigenvalue weighted by atomic mass is 9.91. The Morgan fingerprint density at radius 1 is 0.932 bits per heavy atom. The summed E-state index contributed by atoms with van der Waals surface area (Å²) in [6.45, 7) is 7.81. The second-order valence-electron chi connectivity index (χ2n) is 12.4. The third-order valence-corrected chi connectivity index (χ3v) is 9.45. The molecule has 1 unspecified atom stereocenters. The first-order chi connectivity index (χ1) is 21.7. The lowest BCUT2D eigenvalue weighted by molar-refractivity contribution is 0.0364. The molecular weight excluding hydrogens is 550 g/mol. The minimum Gasteiger partial charge on any atom is -0.379 e. The van der Waals surface area contributed by atoms with Crippen LogP contribution in [-0.4, -0.2) is 71.9 Å². The minimum absolute atomic E-state index is 0.0237. The van der Waals surface area contributed by atoms with Crippen LogP contribution in [0.4, 0.5) is 11.6 Å². The Morgan fingerprint density at radius 3 is 2.48 bits per heavy atom. The van der Waals surface area contributed by atoms with Gasteiger partial charge in [-0.05, 0) is 92.5 Å². The van der Waals surface area contributed by atoms with E-state index in [0.29, 0.717) is 29.7 Å². The Labute approximate surface area is 259 Å². The summed E-state index contributed by atoms with van der Waals surface area (Å²) in [5.41, 5.74) is 5.80. The van der Waals surface area contributed by atoms with E-state index in [2.05, 4.69) is 74.4 Å². The lowest BCUT2D eigenvalue weighted by Gasteiger charge is -2.27. The predicted octanol–water partition coefficient (Wildman–Crippen LogP) is 4.50. The van der Waals surface area contributed by atoms with E-state index in [1.165, 1.54) is 30.4 Å². The Kier molecular flexibility index (Phi) is 8.97. The Morgan fingerprint density at radius 2 is 1.73 bits per heavy atom. The average Bonchev–Trinajstić information content (AvgIpc) is 3.62. The number of hydrogen-bond acceptors (Lipinski definition) is 8. The van der Waals surface area contributed by atoms with Gasteiger partial charge in [-0.25, -0.2) is 4.98 Å². The van der Waals surface area contributed by atoms with E-state index in [4.69, 9.17) is 9.72 Å². The number of fused-ring (bicyclic) bond motifs is 1. The van der Waals surface area contributed by atoms with Crippen molar-refractivity contribution in [1.82, 2.24) is 30.1 Å². The fraction of sp³-hybridized carbons (Fsp3) is 0.457. The summed E-state index contributed by atoms with van der Waals surface area (Å²) in [5.74, 6) is 1.24. The number of nitrogens with one attached hydrogen (secondary N) is 3. The molecule has 3 fully saturated rings. The highest BCUT2D eigenvalue weighted by molar-refractivity contribution is 5.82. The highest BCUT2D eigenvalue weighted by atomic mass is 16.5. The van der Waals surface area contributed by atoms with Crippen molar-refractivity contribution in [3.05, 3.63) is 82.3 Å². The molecule has 3 aliphatic heterocycles. The van der Waals surface area contributed by atoms with E-state index in [1.807, 2.05) is 16.8 Å². The first-order valence-electron chi connectivity index (χ1n) is 16.3. The van der Waals surface area contributed by atoms with Gasteiger partial charge in [0.1, 0.15) is 5.65 Å². The molecule has 2 aromatic carbocycles. The summed E-state index contributed by atoms with van der Waals surface area (Å²) >= 11 is 0. The van der Waals surface area contributed by atoms with Gasteiger partial charge in [-0.2, -0.15) is 4.98 Å². The van der Waals surface area contributed by atoms with Crippen molar-refractivity contribution < 1.29 is 4.74 Å². The van der Waals surface area contributed by atoms with Crippen LogP contribution in [-0.2, 0) is 17.7 Å². The highest BCUT2D eigenvalue weighted by Crippen LogP contribution is 2.27. The molecule has 0 aliphatic carbocycles. The molecule has 7 rings (SSSR count). The van der Waals surface area contributed by atoms with E-state index in [-0.39, 0.29) is 5.56 Å². The van der Waals surface area contributed by atoms with E-state index in [9.17, 15) is 4.79 Å². The SMILES string of the molecule is O=c1c(-c2ccc(C3CCCN3)cc2)cc2cnc(Nc3ccc(CC4CCNCC4)cc3)nc2n1CCN1CCOCC1. The van der Waals surface area contributed by atoms with Gasteiger partial charge < -0.3 is 20.7 Å². The van der Waals surface area contributed by atoms with Crippen LogP contribution in [0.3, 0.4) is 0 Å². The van der Waals surface area contributed by atoms with E-state index in [0.717, 1.165) is 87.9 Å². The molecule has 0 saturated carbocycles. The molecule has 9 heteroatoms. The third kappa shape index (κ3) is 6.71. The number of aromatic nitrogens is 3. The van der Waals surface area contributed by atoms with Crippen LogP contribution in [0.1, 0.15) is 42.9 Å². The van der Waals surface area contributed by atoms with E-state index in [1.54, 1.807) is 0 Å². The van der Waals surface area contributed by atoms with Gasteiger partial charge >= 0.3 is 0 Å². The van der Waals surface area contributed by atoms with Gasteiger partial charge in [-0.15, -0.1) is 0 Å². The fourth-order valence-electron chi connectivity index (χ4n) is 6.84. The zero-order chi connectivity index (χ0) is 29.7. The largest absolute Gasteiger partial charge is 0.379 e. The number of anilines is 2. The van der Waals surface area contributed by atoms with Gasteiger partial charge in [0.15, 0.2) is 0 Å². The van der Waals surface area contributed by atoms with Gasteiger partial charge in [0.2, 0.25) is 5.95 Å². The van der Waals surface area contributed by atoms with Crippen molar-refractivity contribution in [3.63, 3.8) is 0 Å². The first kappa shape index (κ1) is 29.1. The monoisotopic (exact) mass is 593 g/mol. The maximum Gasteiger partial charge on any atom is 0.260 e. The van der Waals surface area contributed by atoms with Crippen LogP contribution in [0, 0.1) is 5.92 Å². The van der Waals surface area contributed by atoms with Crippen LogP contribution < -0.4 is 21.5 Å². The minimum atomic E-state index is -0.0237. The van der Waals surface area contributed by atoms with Crippen LogP contribution in [0.25, 0.3) is 22.2 Å². The molecule has 4 aromatic rings. The highest BCUT2D eigenvalue weighted by Gasteiger charge is 2.19. The molecule has 0 amide bonds. The van der Waals surface area contributed by atoms with Gasteiger partial charge in [0, 0.05) is 55.1 Å². The van der Waals surface area contributed by atoms with E-state index >= 15 is 0 Å². The number of benzene rings is 2. The van der Waals surface area contributed by atoms with Gasteiger partial charge in [-0.3, -0.25) is 14.3 Å². The summed E-state index contributed by atoms with van der Waals surface area (Å²) in [6, 6.07) is 19.4. The Hall–Kier alpha value is -3.63. The predicted molar refractivity (Wildman–Crippen MR) is 175 cm³/mol. The topological polar surface area (TPSA) is 96.3 Å². The molecule has 230 valence electrons. The molecule has 3 N–H and O–H groups in total. The molecule has 9 nitrogen and oxygen atoms in total. The van der Waals surface area contributed by atoms with E-state index < -0.39 is 0 Å². The molecule has 0 radical (unpaired) electrons. The van der Waals surface area contributed by atoms with Gasteiger partial charge in [0.25, 0.3) is 5.56 Å². The zero-order valence-corrected chi connectivity index (χ0v) is 25.4. The number of pyridine rings is 1. The number of piperidine rings is 1. The van der Waals surface area contributed by atoms with Crippen LogP contribution in [0.2, 0.25) is 0 Å². The fourth-order valence-corrected chi connectivity index (χ4v) is 6.84. The summed E-state index contributed by atoms with van der Waals surface area (Å²) in [4.78, 5) is 26.0. The van der Waals surface area contributed by atoms with Crippen molar-refractivity contribution in [2.45, 2.75) is 44.7 Å². The van der Waals surface area contributed by atoms with Gasteiger partial charge in [0.05, 0.1) is 13.2 Å². The molecule has 0 spiro atoms.